The molecule has 6 nitrogen and oxygen atoms in total. The van der Waals surface area contributed by atoms with E-state index < -0.39 is 0 Å². The molecule has 0 radical (unpaired) electrons. The van der Waals surface area contributed by atoms with Crippen LogP contribution in [0.2, 0.25) is 5.02 Å². The molecule has 2 aromatic heterocycles. The summed E-state index contributed by atoms with van der Waals surface area (Å²) in [5.74, 6) is 0. The molecule has 0 aromatic carbocycles. The van der Waals surface area contributed by atoms with Gasteiger partial charge in [0.1, 0.15) is 5.02 Å². The highest BCUT2D eigenvalue weighted by Gasteiger charge is 1.98. The third kappa shape index (κ3) is 3.17. The summed E-state index contributed by atoms with van der Waals surface area (Å²) in [6, 6.07) is 1.50. The van der Waals surface area contributed by atoms with Crippen LogP contribution >= 0.6 is 11.6 Å². The van der Waals surface area contributed by atoms with Gasteiger partial charge < -0.3 is 10.2 Å². The predicted octanol–water partition coefficient (Wildman–Crippen LogP) is 0.676. The van der Waals surface area contributed by atoms with Crippen LogP contribution in [0.1, 0.15) is 11.4 Å². The van der Waals surface area contributed by atoms with Gasteiger partial charge in [0.2, 0.25) is 0 Å². The Morgan fingerprint density at radius 3 is 1.87 bits per heavy atom. The first-order valence-corrected chi connectivity index (χ1v) is 4.55. The molecule has 0 bridgehead atoms. The van der Waals surface area contributed by atoms with Gasteiger partial charge in [-0.3, -0.25) is 19.8 Å². The lowest BCUT2D eigenvalue weighted by molar-refractivity contribution is 1.02. The molecule has 0 aliphatic rings. The van der Waals surface area contributed by atoms with Crippen LogP contribution in [-0.2, 0) is 0 Å². The summed E-state index contributed by atoms with van der Waals surface area (Å²) in [6.07, 6.45) is 0. The Hall–Kier alpha value is -1.69. The van der Waals surface area contributed by atoms with Crippen molar-refractivity contribution < 1.29 is 0 Å². The van der Waals surface area contributed by atoms with Gasteiger partial charge in [-0.05, 0) is 13.8 Å². The second kappa shape index (κ2) is 4.70. The minimum Gasteiger partial charge on any atom is -0.303 e. The number of aromatic nitrogens is 4. The Morgan fingerprint density at radius 2 is 1.73 bits per heavy atom. The molecule has 0 amide bonds. The van der Waals surface area contributed by atoms with E-state index in [-0.39, 0.29) is 16.1 Å². The fourth-order valence-electron chi connectivity index (χ4n) is 0.860. The average Bonchev–Trinajstić information content (AvgIpc) is 2.68. The normalized spacial score (nSPS) is 9.53. The lowest BCUT2D eigenvalue weighted by atomic mass is 10.5. The third-order valence-corrected chi connectivity index (χ3v) is 2.08. The van der Waals surface area contributed by atoms with E-state index in [1.54, 1.807) is 6.92 Å². The molecule has 0 spiro atoms. The van der Waals surface area contributed by atoms with E-state index in [2.05, 4.69) is 20.4 Å². The molecule has 82 valence electrons. The Balaban J connectivity index is 0.000000151. The monoisotopic (exact) mass is 230 g/mol. The first-order valence-electron chi connectivity index (χ1n) is 4.17. The SMILES string of the molecule is Cc1[nH][nH]c(=O)c1Cl.Cc1cc(=O)[nH][nH]1. The van der Waals surface area contributed by atoms with Gasteiger partial charge in [-0.25, -0.2) is 0 Å². The van der Waals surface area contributed by atoms with Crippen molar-refractivity contribution in [1.29, 1.82) is 0 Å². The van der Waals surface area contributed by atoms with Gasteiger partial charge in [-0.2, -0.15) is 0 Å². The van der Waals surface area contributed by atoms with Crippen molar-refractivity contribution in [2.24, 2.45) is 0 Å². The van der Waals surface area contributed by atoms with Crippen molar-refractivity contribution in [2.45, 2.75) is 13.8 Å². The minimum atomic E-state index is -0.260. The van der Waals surface area contributed by atoms with Crippen LogP contribution in [0.3, 0.4) is 0 Å². The predicted molar refractivity (Wildman–Crippen MR) is 57.3 cm³/mol. The summed E-state index contributed by atoms with van der Waals surface area (Å²) >= 11 is 5.42. The minimum absolute atomic E-state index is 0.0718. The summed E-state index contributed by atoms with van der Waals surface area (Å²) in [6.45, 7) is 3.54. The Labute approximate surface area is 89.6 Å². The van der Waals surface area contributed by atoms with Crippen LogP contribution in [0.25, 0.3) is 0 Å². The van der Waals surface area contributed by atoms with Crippen LogP contribution in [0.5, 0.6) is 0 Å². The zero-order valence-electron chi connectivity index (χ0n) is 8.27. The highest BCUT2D eigenvalue weighted by Crippen LogP contribution is 2.02. The topological polar surface area (TPSA) is 97.3 Å². The van der Waals surface area contributed by atoms with Crippen molar-refractivity contribution in [3.63, 3.8) is 0 Å². The lowest BCUT2D eigenvalue weighted by Crippen LogP contribution is -1.97. The van der Waals surface area contributed by atoms with Crippen molar-refractivity contribution in [3.05, 3.63) is 43.2 Å². The number of aryl methyl sites for hydroxylation is 2. The maximum Gasteiger partial charge on any atom is 0.282 e. The smallest absolute Gasteiger partial charge is 0.282 e. The molecular formula is C8H11ClN4O2. The lowest BCUT2D eigenvalue weighted by Gasteiger charge is -1.75. The number of rotatable bonds is 0. The maximum absolute atomic E-state index is 10.4. The van der Waals surface area contributed by atoms with E-state index in [4.69, 9.17) is 11.6 Å². The first kappa shape index (κ1) is 11.4. The molecule has 0 aliphatic carbocycles. The number of halogens is 1. The number of nitrogens with one attached hydrogen (secondary N) is 4. The van der Waals surface area contributed by atoms with E-state index >= 15 is 0 Å². The summed E-state index contributed by atoms with van der Waals surface area (Å²) in [7, 11) is 0. The number of hydrogen-bond acceptors (Lipinski definition) is 2. The molecule has 0 saturated carbocycles. The third-order valence-electron chi connectivity index (χ3n) is 1.62. The van der Waals surface area contributed by atoms with E-state index in [9.17, 15) is 9.59 Å². The summed E-state index contributed by atoms with van der Waals surface area (Å²) in [4.78, 5) is 20.6. The molecule has 0 atom stereocenters. The van der Waals surface area contributed by atoms with Gasteiger partial charge in [-0.1, -0.05) is 11.6 Å². The highest BCUT2D eigenvalue weighted by atomic mass is 35.5. The number of H-pyrrole nitrogens is 4. The van der Waals surface area contributed by atoms with Gasteiger partial charge in [0.25, 0.3) is 11.1 Å². The first-order chi connectivity index (χ1) is 7.00. The van der Waals surface area contributed by atoms with Gasteiger partial charge in [0.05, 0.1) is 5.69 Å². The molecule has 7 heteroatoms. The van der Waals surface area contributed by atoms with Crippen LogP contribution in [-0.4, -0.2) is 20.4 Å². The molecule has 15 heavy (non-hydrogen) atoms. The molecule has 2 aromatic rings. The molecule has 0 aliphatic heterocycles. The van der Waals surface area contributed by atoms with Crippen molar-refractivity contribution in [1.82, 2.24) is 20.4 Å². The fraction of sp³-hybridized carbons (Fsp3) is 0.250. The maximum atomic E-state index is 10.4. The Kier molecular flexibility index (Phi) is 3.56. The van der Waals surface area contributed by atoms with Gasteiger partial charge >= 0.3 is 0 Å². The van der Waals surface area contributed by atoms with E-state index in [1.165, 1.54) is 6.07 Å². The van der Waals surface area contributed by atoms with Gasteiger partial charge in [0, 0.05) is 11.8 Å². The van der Waals surface area contributed by atoms with Crippen molar-refractivity contribution >= 4 is 11.6 Å². The van der Waals surface area contributed by atoms with Gasteiger partial charge in [-0.15, -0.1) is 0 Å². The van der Waals surface area contributed by atoms with E-state index in [0.29, 0.717) is 5.69 Å². The quantitative estimate of drug-likeness (QED) is 0.535. The van der Waals surface area contributed by atoms with Crippen LogP contribution in [0.15, 0.2) is 15.7 Å². The molecular weight excluding hydrogens is 220 g/mol. The standard InChI is InChI=1S/C4H5ClN2O.C4H6N2O/c1-2-3(5)4(8)7-6-2;1-3-2-4(7)6-5-3/h1H3,(H2,6,7,8);2H,1H3,(H2,5,6,7). The van der Waals surface area contributed by atoms with E-state index in [0.717, 1.165) is 5.69 Å². The Morgan fingerprint density at radius 1 is 1.07 bits per heavy atom. The van der Waals surface area contributed by atoms with Crippen molar-refractivity contribution in [2.75, 3.05) is 0 Å². The van der Waals surface area contributed by atoms with Crippen molar-refractivity contribution in [3.8, 4) is 0 Å². The second-order valence-corrected chi connectivity index (χ2v) is 3.34. The zero-order valence-corrected chi connectivity index (χ0v) is 9.03. The molecule has 2 rings (SSSR count). The largest absolute Gasteiger partial charge is 0.303 e. The number of hydrogen-bond donors (Lipinski definition) is 4. The molecule has 0 fully saturated rings. The molecule has 2 heterocycles. The second-order valence-electron chi connectivity index (χ2n) is 2.96. The number of aromatic amines is 4. The van der Waals surface area contributed by atoms with Crippen LogP contribution in [0, 0.1) is 13.8 Å². The van der Waals surface area contributed by atoms with Crippen LogP contribution < -0.4 is 11.1 Å². The fourth-order valence-corrected chi connectivity index (χ4v) is 0.954. The summed E-state index contributed by atoms with van der Waals surface area (Å²) in [5.41, 5.74) is 1.21. The summed E-state index contributed by atoms with van der Waals surface area (Å²) < 4.78 is 0. The van der Waals surface area contributed by atoms with E-state index in [1.807, 2.05) is 6.92 Å². The molecule has 4 N–H and O–H groups in total. The average molecular weight is 231 g/mol. The zero-order chi connectivity index (χ0) is 11.4. The molecule has 0 saturated heterocycles. The molecule has 0 unspecified atom stereocenters. The highest BCUT2D eigenvalue weighted by molar-refractivity contribution is 6.30. The Bertz CT molecular complexity index is 533. The van der Waals surface area contributed by atoms with Crippen LogP contribution in [0.4, 0.5) is 0 Å². The summed E-state index contributed by atoms with van der Waals surface area (Å²) in [5, 5.41) is 10.2. The van der Waals surface area contributed by atoms with Gasteiger partial charge in [0.15, 0.2) is 0 Å².